The molecular weight excluding hydrogens is 631 g/mol. The van der Waals surface area contributed by atoms with Crippen LogP contribution in [-0.4, -0.2) is 41.7 Å². The quantitative estimate of drug-likeness (QED) is 0.110. The molecule has 11 heteroatoms. The lowest BCUT2D eigenvalue weighted by Gasteiger charge is -2.39. The van der Waals surface area contributed by atoms with Crippen molar-refractivity contribution < 1.29 is 41.3 Å². The highest BCUT2D eigenvalue weighted by molar-refractivity contribution is 5.94. The highest BCUT2D eigenvalue weighted by atomic mass is 19.2. The second kappa shape index (κ2) is 14.9. The SMILES string of the molecule is O=C(NCc1cccc(-c2ccc(C3OC(CN4CCCCC4)CC(c4ccc(CO)cc4)O3)cc2)c1)c1c(F)c(F)c(F)c(F)c1F. The lowest BCUT2D eigenvalue weighted by Crippen LogP contribution is -2.41. The Bertz CT molecular complexity index is 1720. The van der Waals surface area contributed by atoms with Crippen molar-refractivity contribution in [3.05, 3.63) is 130 Å². The fourth-order valence-corrected chi connectivity index (χ4v) is 6.23. The molecule has 6 nitrogen and oxygen atoms in total. The van der Waals surface area contributed by atoms with Crippen molar-refractivity contribution in [3.63, 3.8) is 0 Å². The van der Waals surface area contributed by atoms with Gasteiger partial charge in [0.1, 0.15) is 5.56 Å². The first-order valence-corrected chi connectivity index (χ1v) is 15.9. The van der Waals surface area contributed by atoms with Crippen LogP contribution in [0.5, 0.6) is 0 Å². The molecule has 2 saturated heterocycles. The second-order valence-electron chi connectivity index (χ2n) is 12.2. The number of hydrogen-bond acceptors (Lipinski definition) is 5. The molecule has 2 aliphatic rings. The number of ether oxygens (including phenoxy) is 2. The summed E-state index contributed by atoms with van der Waals surface area (Å²) < 4.78 is 81.7. The normalized spacial score (nSPS) is 20.1. The van der Waals surface area contributed by atoms with Crippen molar-refractivity contribution in [2.24, 2.45) is 0 Å². The predicted molar refractivity (Wildman–Crippen MR) is 168 cm³/mol. The number of carbonyl (C=O) groups excluding carboxylic acids is 1. The minimum Gasteiger partial charge on any atom is -0.392 e. The summed E-state index contributed by atoms with van der Waals surface area (Å²) in [5, 5.41) is 11.7. The summed E-state index contributed by atoms with van der Waals surface area (Å²) in [6.45, 7) is 2.67. The number of aliphatic hydroxyl groups excluding tert-OH is 1. The Hall–Kier alpha value is -4.16. The van der Waals surface area contributed by atoms with Gasteiger partial charge in [0, 0.05) is 25.1 Å². The number of nitrogens with one attached hydrogen (secondary N) is 1. The van der Waals surface area contributed by atoms with E-state index in [0.29, 0.717) is 12.0 Å². The van der Waals surface area contributed by atoms with Gasteiger partial charge in [-0.15, -0.1) is 0 Å². The number of aliphatic hydroxyl groups is 1. The Morgan fingerprint density at radius 3 is 2.06 bits per heavy atom. The highest BCUT2D eigenvalue weighted by Gasteiger charge is 2.34. The van der Waals surface area contributed by atoms with E-state index in [1.165, 1.54) is 19.3 Å². The van der Waals surface area contributed by atoms with Gasteiger partial charge in [0.25, 0.3) is 5.91 Å². The van der Waals surface area contributed by atoms with E-state index in [1.54, 1.807) is 18.2 Å². The fraction of sp³-hybridized carbons (Fsp3) is 0.324. The van der Waals surface area contributed by atoms with Gasteiger partial charge in [-0.3, -0.25) is 4.79 Å². The molecular formula is C37H35F5N2O4. The summed E-state index contributed by atoms with van der Waals surface area (Å²) in [6, 6.07) is 22.4. The Balaban J connectivity index is 1.16. The van der Waals surface area contributed by atoms with Crippen LogP contribution < -0.4 is 5.32 Å². The largest absolute Gasteiger partial charge is 0.392 e. The lowest BCUT2D eigenvalue weighted by atomic mass is 9.98. The molecule has 4 aromatic rings. The van der Waals surface area contributed by atoms with E-state index >= 15 is 0 Å². The third-order valence-corrected chi connectivity index (χ3v) is 8.86. The monoisotopic (exact) mass is 666 g/mol. The molecule has 1 amide bonds. The van der Waals surface area contributed by atoms with E-state index in [1.807, 2.05) is 54.6 Å². The Morgan fingerprint density at radius 1 is 0.750 bits per heavy atom. The van der Waals surface area contributed by atoms with Crippen molar-refractivity contribution in [2.45, 2.75) is 57.3 Å². The van der Waals surface area contributed by atoms with Crippen molar-refractivity contribution in [2.75, 3.05) is 19.6 Å². The van der Waals surface area contributed by atoms with Crippen LogP contribution in [0.3, 0.4) is 0 Å². The van der Waals surface area contributed by atoms with Gasteiger partial charge in [-0.05, 0) is 59.8 Å². The van der Waals surface area contributed by atoms with Crippen LogP contribution in [-0.2, 0) is 22.6 Å². The third-order valence-electron chi connectivity index (χ3n) is 8.86. The molecule has 0 bridgehead atoms. The zero-order valence-electron chi connectivity index (χ0n) is 26.0. The van der Waals surface area contributed by atoms with Crippen molar-refractivity contribution >= 4 is 5.91 Å². The molecule has 3 unspecified atom stereocenters. The molecule has 0 saturated carbocycles. The summed E-state index contributed by atoms with van der Waals surface area (Å²) >= 11 is 0. The average molecular weight is 667 g/mol. The van der Waals surface area contributed by atoms with E-state index in [9.17, 15) is 31.9 Å². The molecule has 2 heterocycles. The van der Waals surface area contributed by atoms with Gasteiger partial charge >= 0.3 is 0 Å². The molecule has 2 N–H and O–H groups in total. The van der Waals surface area contributed by atoms with Gasteiger partial charge in [0.05, 0.1) is 18.8 Å². The number of likely N-dealkylation sites (tertiary alicyclic amines) is 1. The first kappa shape index (κ1) is 33.7. The van der Waals surface area contributed by atoms with Crippen LogP contribution in [0.2, 0.25) is 0 Å². The highest BCUT2D eigenvalue weighted by Crippen LogP contribution is 2.39. The number of rotatable bonds is 9. The standard InChI is InChI=1S/C37H35F5N2O4/c38-31-30(32(39)34(41)35(42)33(31)40)36(46)43-19-23-5-4-6-27(17-23)24-11-13-26(14-12-24)37-47-28(20-44-15-2-1-3-16-44)18-29(48-37)25-9-7-22(21-45)8-10-25/h4-14,17,28-29,37,45H,1-3,15-16,18-21H2,(H,43,46). The van der Waals surface area contributed by atoms with Crippen molar-refractivity contribution in [1.29, 1.82) is 0 Å². The van der Waals surface area contributed by atoms with Gasteiger partial charge < -0.3 is 24.8 Å². The summed E-state index contributed by atoms with van der Waals surface area (Å²) in [5.41, 5.74) is 3.31. The molecule has 0 spiro atoms. The second-order valence-corrected chi connectivity index (χ2v) is 12.2. The minimum atomic E-state index is -2.33. The number of amides is 1. The lowest BCUT2D eigenvalue weighted by molar-refractivity contribution is -0.253. The smallest absolute Gasteiger partial charge is 0.257 e. The van der Waals surface area contributed by atoms with Gasteiger partial charge in [-0.1, -0.05) is 73.2 Å². The molecule has 48 heavy (non-hydrogen) atoms. The van der Waals surface area contributed by atoms with Crippen molar-refractivity contribution in [3.8, 4) is 11.1 Å². The Labute approximate surface area is 275 Å². The topological polar surface area (TPSA) is 71.0 Å². The van der Waals surface area contributed by atoms with Crippen LogP contribution in [0.4, 0.5) is 22.0 Å². The molecule has 0 aromatic heterocycles. The van der Waals surface area contributed by atoms with E-state index in [-0.39, 0.29) is 25.4 Å². The molecule has 2 fully saturated rings. The maximum atomic E-state index is 14.1. The Morgan fingerprint density at radius 2 is 1.40 bits per heavy atom. The van der Waals surface area contributed by atoms with E-state index in [0.717, 1.165) is 47.5 Å². The molecule has 6 rings (SSSR count). The molecule has 0 radical (unpaired) electrons. The number of hydrogen-bond donors (Lipinski definition) is 2. The van der Waals surface area contributed by atoms with Gasteiger partial charge in [-0.2, -0.15) is 0 Å². The fourth-order valence-electron chi connectivity index (χ4n) is 6.23. The number of nitrogens with zero attached hydrogens (tertiary/aromatic N) is 1. The van der Waals surface area contributed by atoms with E-state index in [4.69, 9.17) is 9.47 Å². The number of halogens is 5. The zero-order chi connectivity index (χ0) is 33.8. The molecule has 4 aromatic carbocycles. The van der Waals surface area contributed by atoms with E-state index in [2.05, 4.69) is 10.2 Å². The first-order valence-electron chi connectivity index (χ1n) is 15.9. The molecule has 0 aliphatic carbocycles. The number of benzene rings is 4. The number of carbonyl (C=O) groups is 1. The molecule has 3 atom stereocenters. The zero-order valence-corrected chi connectivity index (χ0v) is 26.0. The maximum absolute atomic E-state index is 14.1. The third kappa shape index (κ3) is 7.44. The predicted octanol–water partition coefficient (Wildman–Crippen LogP) is 7.50. The van der Waals surface area contributed by atoms with Gasteiger partial charge in [0.15, 0.2) is 29.6 Å². The van der Waals surface area contributed by atoms with Crippen LogP contribution in [0, 0.1) is 29.1 Å². The molecule has 2 aliphatic heterocycles. The first-order chi connectivity index (χ1) is 23.2. The molecule has 252 valence electrons. The van der Waals surface area contributed by atoms with Crippen LogP contribution in [0.25, 0.3) is 11.1 Å². The average Bonchev–Trinajstić information content (AvgIpc) is 3.13. The number of piperidine rings is 1. The van der Waals surface area contributed by atoms with E-state index < -0.39 is 46.8 Å². The van der Waals surface area contributed by atoms with Crippen molar-refractivity contribution in [1.82, 2.24) is 10.2 Å². The summed E-state index contributed by atoms with van der Waals surface area (Å²) in [5.74, 6) is -12.5. The summed E-state index contributed by atoms with van der Waals surface area (Å²) in [6.07, 6.45) is 3.47. The van der Waals surface area contributed by atoms with Crippen LogP contribution in [0.15, 0.2) is 72.8 Å². The Kier molecular flexibility index (Phi) is 10.5. The minimum absolute atomic E-state index is 0.0303. The van der Waals surface area contributed by atoms with Gasteiger partial charge in [-0.25, -0.2) is 22.0 Å². The summed E-state index contributed by atoms with van der Waals surface area (Å²) in [7, 11) is 0. The van der Waals surface area contributed by atoms with Crippen LogP contribution in [0.1, 0.15) is 70.7 Å². The maximum Gasteiger partial charge on any atom is 0.257 e. The van der Waals surface area contributed by atoms with Crippen LogP contribution >= 0.6 is 0 Å². The summed E-state index contributed by atoms with van der Waals surface area (Å²) in [4.78, 5) is 14.9. The van der Waals surface area contributed by atoms with Gasteiger partial charge in [0.2, 0.25) is 5.82 Å².